The fourth-order valence-electron chi connectivity index (χ4n) is 1.48. The number of nitrogens with zero attached hydrogens (tertiary/aromatic N) is 2. The molecule has 0 saturated heterocycles. The summed E-state index contributed by atoms with van der Waals surface area (Å²) in [6.07, 6.45) is 0. The van der Waals surface area contributed by atoms with E-state index in [9.17, 15) is 4.79 Å². The van der Waals surface area contributed by atoms with Crippen molar-refractivity contribution >= 4 is 11.6 Å². The van der Waals surface area contributed by atoms with Gasteiger partial charge in [-0.1, -0.05) is 0 Å². The van der Waals surface area contributed by atoms with Gasteiger partial charge >= 0.3 is 0 Å². The van der Waals surface area contributed by atoms with Crippen molar-refractivity contribution < 1.29 is 4.79 Å². The lowest BCUT2D eigenvalue weighted by Gasteiger charge is -2.20. The van der Waals surface area contributed by atoms with Gasteiger partial charge in [0.1, 0.15) is 0 Å². The molecule has 1 rings (SSSR count). The molecule has 1 amide bonds. The minimum absolute atomic E-state index is 0.0370. The topological polar surface area (TPSA) is 49.6 Å². The molecule has 0 radical (unpaired) electrons. The first-order valence-corrected chi connectivity index (χ1v) is 5.68. The summed E-state index contributed by atoms with van der Waals surface area (Å²) in [6, 6.07) is 5.39. The first-order valence-electron chi connectivity index (χ1n) is 5.68. The van der Waals surface area contributed by atoms with Crippen molar-refractivity contribution in [3.8, 4) is 0 Å². The van der Waals surface area contributed by atoms with Gasteiger partial charge in [-0.25, -0.2) is 0 Å². The fraction of sp³-hybridized carbons (Fsp3) is 0.462. The Balaban J connectivity index is 2.71. The van der Waals surface area contributed by atoms with Crippen LogP contribution >= 0.6 is 0 Å². The van der Waals surface area contributed by atoms with E-state index in [1.807, 2.05) is 34.1 Å². The predicted molar refractivity (Wildman–Crippen MR) is 71.1 cm³/mol. The number of carbonyl (C=O) groups is 1. The maximum atomic E-state index is 12.1. The molecule has 0 unspecified atom stereocenters. The Morgan fingerprint density at radius 3 is 2.41 bits per heavy atom. The normalized spacial score (nSPS) is 10.6. The van der Waals surface area contributed by atoms with Crippen molar-refractivity contribution in [2.24, 2.45) is 0 Å². The Morgan fingerprint density at radius 1 is 1.24 bits per heavy atom. The highest BCUT2D eigenvalue weighted by Gasteiger charge is 2.12. The second-order valence-electron chi connectivity index (χ2n) is 4.60. The van der Waals surface area contributed by atoms with Crippen LogP contribution in [0.25, 0.3) is 0 Å². The maximum absolute atomic E-state index is 12.1. The van der Waals surface area contributed by atoms with Crippen molar-refractivity contribution in [3.63, 3.8) is 0 Å². The Labute approximate surface area is 103 Å². The molecule has 0 spiro atoms. The molecule has 2 N–H and O–H groups in total. The Bertz CT molecular complexity index is 402. The Morgan fingerprint density at radius 2 is 1.88 bits per heavy atom. The number of benzene rings is 1. The van der Waals surface area contributed by atoms with Crippen LogP contribution in [0.5, 0.6) is 0 Å². The van der Waals surface area contributed by atoms with E-state index in [-0.39, 0.29) is 5.91 Å². The standard InChI is InChI=1S/C13H21N3O/c1-10-9-11(5-6-12(10)14)13(17)16(4)8-7-15(2)3/h5-6,9H,7-8,14H2,1-4H3. The molecule has 0 fully saturated rings. The summed E-state index contributed by atoms with van der Waals surface area (Å²) in [4.78, 5) is 15.9. The molecule has 1 aromatic carbocycles. The van der Waals surface area contributed by atoms with Crippen molar-refractivity contribution in [1.29, 1.82) is 0 Å². The van der Waals surface area contributed by atoms with Crippen LogP contribution in [0.2, 0.25) is 0 Å². The van der Waals surface area contributed by atoms with E-state index in [0.29, 0.717) is 5.56 Å². The van der Waals surface area contributed by atoms with Crippen LogP contribution in [0.4, 0.5) is 5.69 Å². The largest absolute Gasteiger partial charge is 0.399 e. The number of carbonyl (C=O) groups excluding carboxylic acids is 1. The number of likely N-dealkylation sites (N-methyl/N-ethyl adjacent to an activating group) is 2. The summed E-state index contributed by atoms with van der Waals surface area (Å²) in [5.74, 6) is 0.0370. The number of anilines is 1. The van der Waals surface area contributed by atoms with Crippen LogP contribution in [-0.4, -0.2) is 49.9 Å². The number of hydrogen-bond acceptors (Lipinski definition) is 3. The summed E-state index contributed by atoms with van der Waals surface area (Å²) in [7, 11) is 5.80. The first-order chi connectivity index (χ1) is 7.91. The maximum Gasteiger partial charge on any atom is 0.253 e. The van der Waals surface area contributed by atoms with Crippen LogP contribution < -0.4 is 5.73 Å². The summed E-state index contributed by atoms with van der Waals surface area (Å²) in [5.41, 5.74) is 8.09. The van der Waals surface area contributed by atoms with Gasteiger partial charge < -0.3 is 15.5 Å². The van der Waals surface area contributed by atoms with Crippen molar-refractivity contribution in [3.05, 3.63) is 29.3 Å². The number of rotatable bonds is 4. The van der Waals surface area contributed by atoms with Gasteiger partial charge in [0.15, 0.2) is 0 Å². The highest BCUT2D eigenvalue weighted by Crippen LogP contribution is 2.13. The zero-order chi connectivity index (χ0) is 13.0. The van der Waals surface area contributed by atoms with Crippen LogP contribution in [0.15, 0.2) is 18.2 Å². The minimum atomic E-state index is 0.0370. The number of amides is 1. The zero-order valence-corrected chi connectivity index (χ0v) is 11.0. The van der Waals surface area contributed by atoms with Gasteiger partial charge in [0.2, 0.25) is 0 Å². The Hall–Kier alpha value is -1.55. The first kappa shape index (κ1) is 13.5. The second kappa shape index (κ2) is 5.68. The highest BCUT2D eigenvalue weighted by molar-refractivity contribution is 5.94. The third kappa shape index (κ3) is 3.75. The molecule has 0 aromatic heterocycles. The van der Waals surface area contributed by atoms with Gasteiger partial charge in [0.25, 0.3) is 5.91 Å². The lowest BCUT2D eigenvalue weighted by Crippen LogP contribution is -2.33. The average molecular weight is 235 g/mol. The molecule has 0 atom stereocenters. The van der Waals surface area contributed by atoms with Gasteiger partial charge in [0, 0.05) is 31.4 Å². The lowest BCUT2D eigenvalue weighted by atomic mass is 10.1. The van der Waals surface area contributed by atoms with Gasteiger partial charge in [-0.2, -0.15) is 0 Å². The highest BCUT2D eigenvalue weighted by atomic mass is 16.2. The predicted octanol–water partition coefficient (Wildman–Crippen LogP) is 1.21. The second-order valence-corrected chi connectivity index (χ2v) is 4.60. The molecule has 0 heterocycles. The summed E-state index contributed by atoms with van der Waals surface area (Å²) < 4.78 is 0. The van der Waals surface area contributed by atoms with Gasteiger partial charge in [-0.3, -0.25) is 4.79 Å². The van der Waals surface area contributed by atoms with E-state index in [0.717, 1.165) is 24.3 Å². The molecule has 0 aliphatic heterocycles. The summed E-state index contributed by atoms with van der Waals surface area (Å²) in [6.45, 7) is 3.48. The number of aryl methyl sites for hydroxylation is 1. The number of nitrogens with two attached hydrogens (primary N) is 1. The Kier molecular flexibility index (Phi) is 4.52. The van der Waals surface area contributed by atoms with Crippen LogP contribution in [0, 0.1) is 6.92 Å². The molecule has 0 saturated carbocycles. The third-order valence-electron chi connectivity index (χ3n) is 2.75. The van der Waals surface area contributed by atoms with Gasteiger partial charge in [-0.15, -0.1) is 0 Å². The van der Waals surface area contributed by atoms with E-state index < -0.39 is 0 Å². The van der Waals surface area contributed by atoms with Crippen molar-refractivity contribution in [2.75, 3.05) is 40.0 Å². The van der Waals surface area contributed by atoms with E-state index in [1.165, 1.54) is 0 Å². The van der Waals surface area contributed by atoms with Crippen molar-refractivity contribution in [1.82, 2.24) is 9.80 Å². The summed E-state index contributed by atoms with van der Waals surface area (Å²) in [5, 5.41) is 0. The molecule has 4 heteroatoms. The van der Waals surface area contributed by atoms with E-state index in [1.54, 1.807) is 17.0 Å². The fourth-order valence-corrected chi connectivity index (χ4v) is 1.48. The quantitative estimate of drug-likeness (QED) is 0.798. The minimum Gasteiger partial charge on any atom is -0.399 e. The smallest absolute Gasteiger partial charge is 0.253 e. The molecular weight excluding hydrogens is 214 g/mol. The van der Waals surface area contributed by atoms with Crippen molar-refractivity contribution in [2.45, 2.75) is 6.92 Å². The van der Waals surface area contributed by atoms with Gasteiger partial charge in [0.05, 0.1) is 0 Å². The van der Waals surface area contributed by atoms with Crippen LogP contribution in [0.3, 0.4) is 0 Å². The third-order valence-corrected chi connectivity index (χ3v) is 2.75. The average Bonchev–Trinajstić information content (AvgIpc) is 2.28. The molecule has 1 aromatic rings. The monoisotopic (exact) mass is 235 g/mol. The van der Waals surface area contributed by atoms with E-state index >= 15 is 0 Å². The van der Waals surface area contributed by atoms with E-state index in [2.05, 4.69) is 4.90 Å². The SMILES string of the molecule is Cc1cc(C(=O)N(C)CCN(C)C)ccc1N. The molecule has 0 aliphatic carbocycles. The molecular formula is C13H21N3O. The number of hydrogen-bond donors (Lipinski definition) is 1. The van der Waals surface area contributed by atoms with Gasteiger partial charge in [-0.05, 0) is 44.8 Å². The molecule has 94 valence electrons. The molecule has 4 nitrogen and oxygen atoms in total. The van der Waals surface area contributed by atoms with Crippen LogP contribution in [0.1, 0.15) is 15.9 Å². The summed E-state index contributed by atoms with van der Waals surface area (Å²) >= 11 is 0. The number of nitrogen functional groups attached to an aromatic ring is 1. The van der Waals surface area contributed by atoms with Crippen LogP contribution in [-0.2, 0) is 0 Å². The van der Waals surface area contributed by atoms with E-state index in [4.69, 9.17) is 5.73 Å². The lowest BCUT2D eigenvalue weighted by molar-refractivity contribution is 0.0786. The molecule has 17 heavy (non-hydrogen) atoms. The molecule has 0 aliphatic rings. The zero-order valence-electron chi connectivity index (χ0n) is 11.0. The molecule has 0 bridgehead atoms.